The average Bonchev–Trinajstić information content (AvgIpc) is 3.36. The van der Waals surface area contributed by atoms with Crippen LogP contribution in [0.5, 0.6) is 0 Å². The maximum absolute atomic E-state index is 10.6. The fraction of sp³-hybridized carbons (Fsp3) is 0. The van der Waals surface area contributed by atoms with Crippen LogP contribution in [0.15, 0.2) is 0 Å². The molecule has 0 radical (unpaired) electrons. The van der Waals surface area contributed by atoms with Gasteiger partial charge in [0, 0.05) is 0 Å². The van der Waals surface area contributed by atoms with E-state index in [1.165, 1.54) is 0 Å². The van der Waals surface area contributed by atoms with E-state index in [9.17, 15) is 40.5 Å². The molecule has 0 aliphatic rings. The molecule has 0 aliphatic heterocycles. The zero-order valence-electron chi connectivity index (χ0n) is 14.7. The summed E-state index contributed by atoms with van der Waals surface area (Å²) in [5.41, 5.74) is 7.43. The van der Waals surface area contributed by atoms with Gasteiger partial charge in [-0.3, -0.25) is 20.2 Å². The van der Waals surface area contributed by atoms with Crippen molar-refractivity contribution in [2.75, 3.05) is 11.5 Å². The Kier molecular flexibility index (Phi) is 4.91. The van der Waals surface area contributed by atoms with Crippen molar-refractivity contribution in [1.82, 2.24) is 50.5 Å². The van der Waals surface area contributed by atoms with E-state index < -0.39 is 54.1 Å². The van der Waals surface area contributed by atoms with Crippen molar-refractivity contribution in [3.8, 4) is 0 Å². The number of nitro groups is 4. The van der Waals surface area contributed by atoms with E-state index in [1.54, 1.807) is 0 Å². The molecular weight excluding hydrogens is 448 g/mol. The number of fused-ring (bicyclic) bond motifs is 2. The van der Waals surface area contributed by atoms with E-state index in [1.807, 2.05) is 0 Å². The molecule has 0 saturated heterocycles. The van der Waals surface area contributed by atoms with Gasteiger partial charge in [-0.2, -0.15) is 0 Å². The van der Waals surface area contributed by atoms with Crippen LogP contribution in [-0.4, -0.2) is 70.2 Å². The SMILES string of the molecule is Nc1c([N+](=O)[O-])c([N+](=O)[O-])nn2nnnc12.Nc1c([N+](=O)[O-])c([N+](=O)[O-])nn2nnnc12. The molecule has 0 amide bonds. The zero-order chi connectivity index (χ0) is 23.7. The Bertz CT molecular complexity index is 1310. The molecule has 164 valence electrons. The first-order valence-corrected chi connectivity index (χ1v) is 7.37. The van der Waals surface area contributed by atoms with Crippen molar-refractivity contribution in [3.05, 3.63) is 40.5 Å². The summed E-state index contributed by atoms with van der Waals surface area (Å²) in [5.74, 6) is -2.02. The number of hydrogen-bond donors (Lipinski definition) is 2. The maximum atomic E-state index is 10.6. The number of anilines is 2. The Morgan fingerprint density at radius 2 is 0.969 bits per heavy atom. The summed E-state index contributed by atoms with van der Waals surface area (Å²) in [6.07, 6.45) is 0. The van der Waals surface area contributed by atoms with Crippen LogP contribution >= 0.6 is 0 Å². The van der Waals surface area contributed by atoms with Crippen molar-refractivity contribution >= 4 is 45.7 Å². The lowest BCUT2D eigenvalue weighted by atomic mass is 10.3. The van der Waals surface area contributed by atoms with E-state index in [0.29, 0.717) is 9.26 Å². The molecule has 4 heterocycles. The van der Waals surface area contributed by atoms with Crippen LogP contribution in [0.3, 0.4) is 0 Å². The Balaban J connectivity index is 0.000000181. The van der Waals surface area contributed by atoms with Gasteiger partial charge < -0.3 is 31.7 Å². The standard InChI is InChI=1S/2C4H2N8O4/c2*5-1-2(11(13)14)4(12(15)16)7-10-3(1)6-8-9-10/h2*5H2. The van der Waals surface area contributed by atoms with Crippen LogP contribution in [0.2, 0.25) is 0 Å². The summed E-state index contributed by atoms with van der Waals surface area (Å²) in [7, 11) is 0. The minimum atomic E-state index is -1.03. The molecule has 4 N–H and O–H groups in total. The third kappa shape index (κ3) is 3.35. The smallest absolute Gasteiger partial charge is 0.390 e. The van der Waals surface area contributed by atoms with Crippen LogP contribution in [-0.2, 0) is 0 Å². The normalized spacial score (nSPS) is 10.5. The number of nitrogen functional groups attached to an aromatic ring is 2. The summed E-state index contributed by atoms with van der Waals surface area (Å²) < 4.78 is 1.31. The van der Waals surface area contributed by atoms with Gasteiger partial charge >= 0.3 is 23.0 Å². The minimum absolute atomic E-state index is 0.211. The fourth-order valence-corrected chi connectivity index (χ4v) is 2.16. The molecule has 0 aromatic carbocycles. The van der Waals surface area contributed by atoms with Crippen LogP contribution in [0.1, 0.15) is 0 Å². The molecule has 0 bridgehead atoms. The highest BCUT2D eigenvalue weighted by Gasteiger charge is 2.35. The number of aromatic nitrogens is 10. The number of tetrazole rings is 2. The molecule has 0 fully saturated rings. The topological polar surface area (TPSA) is 337 Å². The summed E-state index contributed by atoms with van der Waals surface area (Å²) in [4.78, 5) is 38.2. The van der Waals surface area contributed by atoms with Crippen LogP contribution in [0.25, 0.3) is 11.3 Å². The van der Waals surface area contributed by atoms with E-state index in [0.717, 1.165) is 0 Å². The molecule has 0 atom stereocenters. The maximum Gasteiger partial charge on any atom is 0.470 e. The monoisotopic (exact) mass is 452 g/mol. The van der Waals surface area contributed by atoms with Gasteiger partial charge in [0.15, 0.2) is 11.4 Å². The molecule has 0 saturated carbocycles. The summed E-state index contributed by atoms with van der Waals surface area (Å²) in [5, 5.41) is 68.4. The first-order valence-electron chi connectivity index (χ1n) is 7.37. The largest absolute Gasteiger partial charge is 0.470 e. The van der Waals surface area contributed by atoms with Gasteiger partial charge in [0.1, 0.15) is 0 Å². The second kappa shape index (κ2) is 7.53. The second-order valence-electron chi connectivity index (χ2n) is 5.18. The molecule has 32 heavy (non-hydrogen) atoms. The molecule has 0 aliphatic carbocycles. The fourth-order valence-electron chi connectivity index (χ4n) is 2.16. The van der Waals surface area contributed by atoms with Gasteiger partial charge in [-0.25, -0.2) is 0 Å². The van der Waals surface area contributed by atoms with Gasteiger partial charge in [0.2, 0.25) is 0 Å². The molecule has 24 heteroatoms. The Morgan fingerprint density at radius 1 is 0.625 bits per heavy atom. The van der Waals surface area contributed by atoms with Crippen molar-refractivity contribution in [2.45, 2.75) is 0 Å². The predicted octanol–water partition coefficient (Wildman–Crippen LogP) is -2.16. The van der Waals surface area contributed by atoms with Crippen molar-refractivity contribution in [1.29, 1.82) is 0 Å². The molecule has 0 spiro atoms. The molecule has 4 aromatic rings. The van der Waals surface area contributed by atoms with Gasteiger partial charge in [0.25, 0.3) is 11.3 Å². The lowest BCUT2D eigenvalue weighted by molar-refractivity contribution is -0.425. The summed E-state index contributed by atoms with van der Waals surface area (Å²) in [6.45, 7) is 0. The first-order chi connectivity index (χ1) is 15.0. The van der Waals surface area contributed by atoms with Crippen LogP contribution < -0.4 is 11.5 Å². The van der Waals surface area contributed by atoms with Gasteiger partial charge in [0.05, 0.1) is 20.0 Å². The third-order valence-corrected chi connectivity index (χ3v) is 3.41. The third-order valence-electron chi connectivity index (χ3n) is 3.41. The first kappa shape index (κ1) is 20.9. The van der Waals surface area contributed by atoms with Crippen molar-refractivity contribution < 1.29 is 19.7 Å². The predicted molar refractivity (Wildman–Crippen MR) is 92.6 cm³/mol. The van der Waals surface area contributed by atoms with Gasteiger partial charge in [-0.15, -0.1) is 10.2 Å². The number of hydrogen-bond acceptors (Lipinski definition) is 18. The zero-order valence-corrected chi connectivity index (χ0v) is 14.7. The molecule has 4 rings (SSSR count). The quantitative estimate of drug-likeness (QED) is 0.245. The van der Waals surface area contributed by atoms with Gasteiger partial charge in [-0.05, 0) is 40.0 Å². The highest BCUT2D eigenvalue weighted by atomic mass is 16.6. The number of nitrogens with zero attached hydrogens (tertiary/aromatic N) is 14. The van der Waals surface area contributed by atoms with Gasteiger partial charge in [-0.1, -0.05) is 0 Å². The van der Waals surface area contributed by atoms with Crippen LogP contribution in [0.4, 0.5) is 34.4 Å². The summed E-state index contributed by atoms with van der Waals surface area (Å²) in [6, 6.07) is 0. The van der Waals surface area contributed by atoms with E-state index in [-0.39, 0.29) is 11.3 Å². The highest BCUT2D eigenvalue weighted by molar-refractivity contribution is 5.79. The van der Waals surface area contributed by atoms with E-state index in [4.69, 9.17) is 11.5 Å². The van der Waals surface area contributed by atoms with Crippen LogP contribution in [0, 0.1) is 40.5 Å². The lowest BCUT2D eigenvalue weighted by Gasteiger charge is -1.96. The number of nitrogens with two attached hydrogens (primary N) is 2. The second-order valence-corrected chi connectivity index (χ2v) is 5.18. The van der Waals surface area contributed by atoms with E-state index in [2.05, 4.69) is 41.2 Å². The van der Waals surface area contributed by atoms with Crippen molar-refractivity contribution in [2.24, 2.45) is 0 Å². The Hall–Kier alpha value is -5.84. The Labute approximate surface area is 169 Å². The number of rotatable bonds is 4. The Morgan fingerprint density at radius 3 is 1.25 bits per heavy atom. The summed E-state index contributed by atoms with van der Waals surface area (Å²) >= 11 is 0. The van der Waals surface area contributed by atoms with Crippen molar-refractivity contribution in [3.63, 3.8) is 0 Å². The molecular formula is C8H4N16O8. The minimum Gasteiger partial charge on any atom is -0.390 e. The molecule has 4 aromatic heterocycles. The average molecular weight is 452 g/mol. The molecule has 0 unspecified atom stereocenters. The van der Waals surface area contributed by atoms with E-state index >= 15 is 0 Å². The lowest BCUT2D eigenvalue weighted by Crippen LogP contribution is -2.08. The highest BCUT2D eigenvalue weighted by Crippen LogP contribution is 2.32. The molecule has 24 nitrogen and oxygen atoms in total.